The van der Waals surface area contributed by atoms with Gasteiger partial charge in [0, 0.05) is 5.02 Å². The second kappa shape index (κ2) is 7.05. The first-order chi connectivity index (χ1) is 12.3. The van der Waals surface area contributed by atoms with E-state index in [0.29, 0.717) is 10.8 Å². The Morgan fingerprint density at radius 3 is 2.27 bits per heavy atom. The largest absolute Gasteiger partial charge is 0.465 e. The summed E-state index contributed by atoms with van der Waals surface area (Å²) >= 11 is 5.95. The fourth-order valence-corrected chi connectivity index (χ4v) is 2.72. The Hall–Kier alpha value is -2.45. The molecule has 138 valence electrons. The van der Waals surface area contributed by atoms with Gasteiger partial charge in [0.25, 0.3) is 0 Å². The van der Waals surface area contributed by atoms with Gasteiger partial charge in [0.1, 0.15) is 36.7 Å². The van der Waals surface area contributed by atoms with E-state index in [9.17, 15) is 5.11 Å². The average Bonchev–Trinajstić information content (AvgIpc) is 3.26. The van der Waals surface area contributed by atoms with Crippen molar-refractivity contribution < 1.29 is 9.84 Å². The second-order valence-corrected chi connectivity index (χ2v) is 7.50. The van der Waals surface area contributed by atoms with Crippen LogP contribution >= 0.6 is 11.6 Å². The molecule has 0 aliphatic heterocycles. The van der Waals surface area contributed by atoms with E-state index in [1.807, 2.05) is 20.8 Å². The van der Waals surface area contributed by atoms with Crippen molar-refractivity contribution in [3.63, 3.8) is 0 Å². The summed E-state index contributed by atoms with van der Waals surface area (Å²) < 4.78 is 9.21. The summed E-state index contributed by atoms with van der Waals surface area (Å²) in [4.78, 5) is 7.95. The van der Waals surface area contributed by atoms with E-state index in [1.165, 1.54) is 23.7 Å². The van der Waals surface area contributed by atoms with E-state index >= 15 is 0 Å². The number of nitrogens with zero attached hydrogens (tertiary/aromatic N) is 6. The van der Waals surface area contributed by atoms with Crippen LogP contribution in [0.4, 0.5) is 0 Å². The number of aliphatic hydroxyl groups is 1. The van der Waals surface area contributed by atoms with Crippen LogP contribution in [0.2, 0.25) is 5.02 Å². The van der Waals surface area contributed by atoms with Crippen LogP contribution < -0.4 is 4.74 Å². The third-order valence-electron chi connectivity index (χ3n) is 4.32. The molecular formula is C17H21ClN6O2. The molecule has 0 saturated heterocycles. The van der Waals surface area contributed by atoms with Gasteiger partial charge in [0.15, 0.2) is 0 Å². The number of hydrogen-bond acceptors (Lipinski definition) is 6. The minimum Gasteiger partial charge on any atom is -0.465 e. The van der Waals surface area contributed by atoms with Crippen LogP contribution in [-0.4, -0.2) is 40.2 Å². The smallest absolute Gasteiger partial charge is 0.223 e. The number of benzene rings is 1. The summed E-state index contributed by atoms with van der Waals surface area (Å²) in [6.07, 6.45) is 5.04. The molecule has 0 fully saturated rings. The van der Waals surface area contributed by atoms with Crippen molar-refractivity contribution >= 4 is 11.6 Å². The van der Waals surface area contributed by atoms with E-state index in [0.717, 1.165) is 0 Å². The standard InChI is InChI=1S/C17H21ClN6O2/c1-16(2,3)17(25,8-23-11-19-9-21-23)15(24-12-20-10-22-24)26-14-6-4-13(18)5-7-14/h4-7,9-12,15,25H,8H2,1-3H3. The predicted molar refractivity (Wildman–Crippen MR) is 95.6 cm³/mol. The Morgan fingerprint density at radius 1 is 1.08 bits per heavy atom. The highest BCUT2D eigenvalue weighted by Gasteiger charge is 2.50. The van der Waals surface area contributed by atoms with Crippen molar-refractivity contribution in [2.75, 3.05) is 0 Å². The highest BCUT2D eigenvalue weighted by Crippen LogP contribution is 2.41. The molecule has 0 aliphatic carbocycles. The van der Waals surface area contributed by atoms with Gasteiger partial charge in [-0.3, -0.25) is 0 Å². The molecule has 26 heavy (non-hydrogen) atoms. The van der Waals surface area contributed by atoms with Gasteiger partial charge < -0.3 is 9.84 Å². The molecule has 2 unspecified atom stereocenters. The summed E-state index contributed by atoms with van der Waals surface area (Å²) in [5.41, 5.74) is -1.96. The van der Waals surface area contributed by atoms with Gasteiger partial charge in [-0.1, -0.05) is 32.4 Å². The first-order valence-corrected chi connectivity index (χ1v) is 8.48. The highest BCUT2D eigenvalue weighted by molar-refractivity contribution is 6.30. The summed E-state index contributed by atoms with van der Waals surface area (Å²) in [6, 6.07) is 6.93. The maximum absolute atomic E-state index is 11.7. The van der Waals surface area contributed by atoms with Crippen LogP contribution in [0.3, 0.4) is 0 Å². The van der Waals surface area contributed by atoms with Crippen LogP contribution in [0, 0.1) is 5.41 Å². The van der Waals surface area contributed by atoms with E-state index < -0.39 is 17.2 Å². The lowest BCUT2D eigenvalue weighted by atomic mass is 9.75. The fraction of sp³-hybridized carbons (Fsp3) is 0.412. The second-order valence-electron chi connectivity index (χ2n) is 7.07. The minimum absolute atomic E-state index is 0.161. The lowest BCUT2D eigenvalue weighted by molar-refractivity contribution is -0.175. The third-order valence-corrected chi connectivity index (χ3v) is 4.57. The molecule has 0 radical (unpaired) electrons. The number of halogens is 1. The molecular weight excluding hydrogens is 356 g/mol. The van der Waals surface area contributed by atoms with Crippen molar-refractivity contribution in [1.29, 1.82) is 0 Å². The Kier molecular flexibility index (Phi) is 4.97. The summed E-state index contributed by atoms with van der Waals surface area (Å²) in [7, 11) is 0. The molecule has 8 nitrogen and oxygen atoms in total. The van der Waals surface area contributed by atoms with Gasteiger partial charge in [-0.2, -0.15) is 10.2 Å². The number of aromatic nitrogens is 6. The molecule has 1 aromatic carbocycles. The molecule has 0 amide bonds. The molecule has 3 rings (SSSR count). The van der Waals surface area contributed by atoms with Gasteiger partial charge in [-0.05, 0) is 29.7 Å². The van der Waals surface area contributed by atoms with E-state index in [1.54, 1.807) is 35.3 Å². The normalized spacial score (nSPS) is 15.4. The molecule has 0 bridgehead atoms. The first kappa shape index (κ1) is 18.3. The molecule has 0 aliphatic rings. The summed E-state index contributed by atoms with van der Waals surface area (Å²) in [5, 5.41) is 20.7. The van der Waals surface area contributed by atoms with Crippen LogP contribution in [-0.2, 0) is 6.54 Å². The van der Waals surface area contributed by atoms with Gasteiger partial charge >= 0.3 is 0 Å². The van der Waals surface area contributed by atoms with E-state index in [2.05, 4.69) is 20.2 Å². The lowest BCUT2D eigenvalue weighted by Crippen LogP contribution is -2.55. The first-order valence-electron chi connectivity index (χ1n) is 8.11. The number of hydrogen-bond donors (Lipinski definition) is 1. The number of ether oxygens (including phenoxy) is 1. The SMILES string of the molecule is CC(C)(C)C(O)(Cn1cncn1)C(Oc1ccc(Cl)cc1)n1cncn1. The van der Waals surface area contributed by atoms with Crippen LogP contribution in [0.5, 0.6) is 5.75 Å². The van der Waals surface area contributed by atoms with Crippen molar-refractivity contribution in [2.24, 2.45) is 5.41 Å². The van der Waals surface area contributed by atoms with Crippen molar-refractivity contribution in [1.82, 2.24) is 29.5 Å². The zero-order chi connectivity index (χ0) is 18.8. The van der Waals surface area contributed by atoms with Crippen molar-refractivity contribution in [2.45, 2.75) is 39.1 Å². The van der Waals surface area contributed by atoms with Crippen molar-refractivity contribution in [3.8, 4) is 5.75 Å². The van der Waals surface area contributed by atoms with Crippen LogP contribution in [0.1, 0.15) is 27.0 Å². The molecule has 9 heteroatoms. The average molecular weight is 377 g/mol. The maximum Gasteiger partial charge on any atom is 0.223 e. The molecule has 2 heterocycles. The quantitative estimate of drug-likeness (QED) is 0.711. The topological polar surface area (TPSA) is 90.9 Å². The van der Waals surface area contributed by atoms with Crippen molar-refractivity contribution in [3.05, 3.63) is 54.6 Å². The monoisotopic (exact) mass is 376 g/mol. The zero-order valence-electron chi connectivity index (χ0n) is 14.8. The van der Waals surface area contributed by atoms with E-state index in [4.69, 9.17) is 16.3 Å². The predicted octanol–water partition coefficient (Wildman–Crippen LogP) is 2.58. The number of rotatable bonds is 6. The van der Waals surface area contributed by atoms with Crippen LogP contribution in [0.15, 0.2) is 49.6 Å². The van der Waals surface area contributed by atoms with Gasteiger partial charge in [-0.25, -0.2) is 19.3 Å². The Bertz CT molecular complexity index is 814. The molecule has 2 aromatic heterocycles. The lowest BCUT2D eigenvalue weighted by Gasteiger charge is -2.44. The van der Waals surface area contributed by atoms with Gasteiger partial charge in [-0.15, -0.1) is 0 Å². The minimum atomic E-state index is -1.38. The fourth-order valence-electron chi connectivity index (χ4n) is 2.60. The summed E-state index contributed by atoms with van der Waals surface area (Å²) in [5.74, 6) is 0.552. The Morgan fingerprint density at radius 2 is 1.73 bits per heavy atom. The highest BCUT2D eigenvalue weighted by atomic mass is 35.5. The zero-order valence-corrected chi connectivity index (χ0v) is 15.6. The van der Waals surface area contributed by atoms with Gasteiger partial charge in [0.2, 0.25) is 6.23 Å². The Balaban J connectivity index is 2.02. The molecule has 0 spiro atoms. The third kappa shape index (κ3) is 3.71. The molecule has 1 N–H and O–H groups in total. The van der Waals surface area contributed by atoms with Gasteiger partial charge in [0.05, 0.1) is 6.54 Å². The summed E-state index contributed by atoms with van der Waals surface area (Å²) in [6.45, 7) is 5.95. The Labute approximate surface area is 156 Å². The van der Waals surface area contributed by atoms with Crippen LogP contribution in [0.25, 0.3) is 0 Å². The maximum atomic E-state index is 11.7. The molecule has 3 aromatic rings. The molecule has 2 atom stereocenters. The van der Waals surface area contributed by atoms with E-state index in [-0.39, 0.29) is 6.54 Å². The molecule has 0 saturated carbocycles.